The van der Waals surface area contributed by atoms with Crippen molar-refractivity contribution in [1.29, 1.82) is 0 Å². The lowest BCUT2D eigenvalue weighted by Gasteiger charge is -2.10. The SMILES string of the molecule is CC(=O)NCCOc1ccc(-c2ccc(O/C(N)=C(/NN)C(=O)O)cc2)cc1. The predicted molar refractivity (Wildman–Crippen MR) is 103 cm³/mol. The van der Waals surface area contributed by atoms with Gasteiger partial charge in [-0.05, 0) is 35.4 Å². The molecule has 0 heterocycles. The molecule has 0 spiro atoms. The van der Waals surface area contributed by atoms with Crippen LogP contribution in [0.3, 0.4) is 0 Å². The van der Waals surface area contributed by atoms with Crippen molar-refractivity contribution in [1.82, 2.24) is 10.7 Å². The Bertz CT molecular complexity index is 848. The second-order valence-corrected chi connectivity index (χ2v) is 5.67. The first-order valence-corrected chi connectivity index (χ1v) is 8.36. The molecule has 0 saturated heterocycles. The van der Waals surface area contributed by atoms with Gasteiger partial charge in [0.25, 0.3) is 0 Å². The van der Waals surface area contributed by atoms with Gasteiger partial charge >= 0.3 is 5.97 Å². The van der Waals surface area contributed by atoms with Gasteiger partial charge in [0, 0.05) is 6.92 Å². The minimum absolute atomic E-state index is 0.0953. The summed E-state index contributed by atoms with van der Waals surface area (Å²) in [6.45, 7) is 2.28. The smallest absolute Gasteiger partial charge is 0.358 e. The summed E-state index contributed by atoms with van der Waals surface area (Å²) in [6, 6.07) is 14.4. The van der Waals surface area contributed by atoms with Gasteiger partial charge in [0.1, 0.15) is 18.1 Å². The Morgan fingerprint density at radius 1 is 1.00 bits per heavy atom. The van der Waals surface area contributed by atoms with Crippen LogP contribution in [0.2, 0.25) is 0 Å². The van der Waals surface area contributed by atoms with E-state index in [1.54, 1.807) is 12.1 Å². The number of hydrogen-bond donors (Lipinski definition) is 5. The summed E-state index contributed by atoms with van der Waals surface area (Å²) in [5, 5.41) is 11.6. The van der Waals surface area contributed by atoms with E-state index >= 15 is 0 Å². The van der Waals surface area contributed by atoms with Crippen LogP contribution in [-0.2, 0) is 9.59 Å². The lowest BCUT2D eigenvalue weighted by Crippen LogP contribution is -2.31. The van der Waals surface area contributed by atoms with E-state index in [2.05, 4.69) is 5.32 Å². The number of carboxylic acids is 1. The van der Waals surface area contributed by atoms with Gasteiger partial charge < -0.3 is 31.1 Å². The van der Waals surface area contributed by atoms with E-state index in [0.29, 0.717) is 24.7 Å². The van der Waals surface area contributed by atoms with Gasteiger partial charge in [0.2, 0.25) is 11.8 Å². The first-order chi connectivity index (χ1) is 13.4. The molecule has 0 atom stereocenters. The maximum absolute atomic E-state index is 11.0. The van der Waals surface area contributed by atoms with Gasteiger partial charge in [0.05, 0.1) is 6.54 Å². The highest BCUT2D eigenvalue weighted by Gasteiger charge is 2.13. The molecule has 2 aromatic carbocycles. The van der Waals surface area contributed by atoms with Gasteiger partial charge in [-0.15, -0.1) is 0 Å². The number of carboxylic acid groups (broad SMARTS) is 1. The normalized spacial score (nSPS) is 11.2. The van der Waals surface area contributed by atoms with Crippen molar-refractivity contribution < 1.29 is 24.2 Å². The highest BCUT2D eigenvalue weighted by Crippen LogP contribution is 2.25. The monoisotopic (exact) mass is 386 g/mol. The van der Waals surface area contributed by atoms with Crippen LogP contribution in [0.15, 0.2) is 60.1 Å². The molecule has 28 heavy (non-hydrogen) atoms. The fourth-order valence-electron chi connectivity index (χ4n) is 2.27. The van der Waals surface area contributed by atoms with Crippen molar-refractivity contribution in [2.75, 3.05) is 13.2 Å². The Morgan fingerprint density at radius 3 is 2.00 bits per heavy atom. The van der Waals surface area contributed by atoms with E-state index in [9.17, 15) is 9.59 Å². The van der Waals surface area contributed by atoms with Gasteiger partial charge in [-0.3, -0.25) is 10.6 Å². The topological polar surface area (TPSA) is 149 Å². The minimum Gasteiger partial charge on any atom is -0.492 e. The summed E-state index contributed by atoms with van der Waals surface area (Å²) < 4.78 is 10.8. The van der Waals surface area contributed by atoms with Crippen molar-refractivity contribution in [3.05, 3.63) is 60.1 Å². The molecule has 2 aromatic rings. The maximum atomic E-state index is 11.0. The fourth-order valence-corrected chi connectivity index (χ4v) is 2.27. The summed E-state index contributed by atoms with van der Waals surface area (Å²) in [7, 11) is 0. The number of carbonyl (C=O) groups excluding carboxylic acids is 1. The predicted octanol–water partition coefficient (Wildman–Crippen LogP) is 0.923. The Balaban J connectivity index is 1.99. The molecule has 9 nitrogen and oxygen atoms in total. The zero-order chi connectivity index (χ0) is 20.5. The molecule has 0 radical (unpaired) electrons. The Morgan fingerprint density at radius 2 is 1.54 bits per heavy atom. The van der Waals surface area contributed by atoms with Gasteiger partial charge in [-0.2, -0.15) is 0 Å². The molecule has 0 aliphatic rings. The van der Waals surface area contributed by atoms with Crippen LogP contribution in [0.1, 0.15) is 6.92 Å². The van der Waals surface area contributed by atoms with Crippen LogP contribution in [0.4, 0.5) is 0 Å². The molecule has 1 amide bonds. The van der Waals surface area contributed by atoms with Crippen molar-refractivity contribution in [2.45, 2.75) is 6.92 Å². The van der Waals surface area contributed by atoms with Crippen molar-refractivity contribution in [3.8, 4) is 22.6 Å². The zero-order valence-electron chi connectivity index (χ0n) is 15.3. The first-order valence-electron chi connectivity index (χ1n) is 8.36. The number of ether oxygens (including phenoxy) is 2. The van der Waals surface area contributed by atoms with Gasteiger partial charge in [-0.25, -0.2) is 4.79 Å². The molecule has 9 heteroatoms. The third-order valence-electron chi connectivity index (χ3n) is 3.62. The molecule has 148 valence electrons. The molecule has 0 aliphatic carbocycles. The average molecular weight is 386 g/mol. The van der Waals surface area contributed by atoms with E-state index in [1.165, 1.54) is 6.92 Å². The summed E-state index contributed by atoms with van der Waals surface area (Å²) in [6.07, 6.45) is 0. The fraction of sp³-hybridized carbons (Fsp3) is 0.158. The van der Waals surface area contributed by atoms with Crippen molar-refractivity contribution in [2.24, 2.45) is 11.6 Å². The summed E-state index contributed by atoms with van der Waals surface area (Å²) >= 11 is 0. The standard InChI is InChI=1S/C19H22N4O5/c1-12(24)22-10-11-27-15-6-2-13(3-7-15)14-4-8-16(9-5-14)28-18(20)17(23-21)19(25)26/h2-9,23H,10-11,20-21H2,1H3,(H,22,24)(H,25,26)/b18-17+. The third kappa shape index (κ3) is 5.92. The molecule has 0 aromatic heterocycles. The first kappa shape index (κ1) is 20.6. The Labute approximate surface area is 161 Å². The molecule has 7 N–H and O–H groups in total. The number of nitrogens with two attached hydrogens (primary N) is 2. The number of aliphatic carboxylic acids is 1. The summed E-state index contributed by atoms with van der Waals surface area (Å²) in [5.41, 5.74) is 9.03. The zero-order valence-corrected chi connectivity index (χ0v) is 15.3. The summed E-state index contributed by atoms with van der Waals surface area (Å²) in [4.78, 5) is 21.8. The number of nitrogens with one attached hydrogen (secondary N) is 2. The van der Waals surface area contributed by atoms with Crippen LogP contribution in [-0.4, -0.2) is 30.1 Å². The van der Waals surface area contributed by atoms with Crippen LogP contribution in [0, 0.1) is 0 Å². The molecular formula is C19H22N4O5. The highest BCUT2D eigenvalue weighted by atomic mass is 16.5. The molecule has 0 saturated carbocycles. The third-order valence-corrected chi connectivity index (χ3v) is 3.62. The quantitative estimate of drug-likeness (QED) is 0.140. The summed E-state index contributed by atoms with van der Waals surface area (Å²) in [5.74, 6) is 4.42. The van der Waals surface area contributed by atoms with E-state index in [1.807, 2.05) is 41.8 Å². The number of rotatable bonds is 9. The molecule has 0 fully saturated rings. The van der Waals surface area contributed by atoms with E-state index in [-0.39, 0.29) is 11.8 Å². The van der Waals surface area contributed by atoms with Gasteiger partial charge in [0.15, 0.2) is 5.70 Å². The lowest BCUT2D eigenvalue weighted by molar-refractivity contribution is -0.133. The maximum Gasteiger partial charge on any atom is 0.358 e. The number of carbonyl (C=O) groups is 2. The minimum atomic E-state index is -1.32. The van der Waals surface area contributed by atoms with E-state index in [0.717, 1.165) is 11.1 Å². The molecule has 2 rings (SSSR count). The molecule has 0 unspecified atom stereocenters. The van der Waals surface area contributed by atoms with Crippen LogP contribution < -0.4 is 31.8 Å². The van der Waals surface area contributed by atoms with Crippen LogP contribution >= 0.6 is 0 Å². The Kier molecular flexibility index (Phi) is 7.23. The second kappa shape index (κ2) is 9.83. The van der Waals surface area contributed by atoms with E-state index < -0.39 is 11.7 Å². The Hall–Kier alpha value is -3.72. The molecule has 0 aliphatic heterocycles. The molecule has 0 bridgehead atoms. The largest absolute Gasteiger partial charge is 0.492 e. The lowest BCUT2D eigenvalue weighted by atomic mass is 10.1. The van der Waals surface area contributed by atoms with Crippen molar-refractivity contribution in [3.63, 3.8) is 0 Å². The average Bonchev–Trinajstić information content (AvgIpc) is 2.66. The number of hydrogen-bond acceptors (Lipinski definition) is 7. The molecular weight excluding hydrogens is 364 g/mol. The number of hydrazine groups is 1. The van der Waals surface area contributed by atoms with Crippen molar-refractivity contribution >= 4 is 11.9 Å². The number of amides is 1. The van der Waals surface area contributed by atoms with E-state index in [4.69, 9.17) is 26.2 Å². The number of benzene rings is 2. The second-order valence-electron chi connectivity index (χ2n) is 5.67. The van der Waals surface area contributed by atoms with Gasteiger partial charge in [-0.1, -0.05) is 24.3 Å². The highest BCUT2D eigenvalue weighted by molar-refractivity contribution is 5.86. The van der Waals surface area contributed by atoms with Crippen LogP contribution in [0.5, 0.6) is 11.5 Å². The van der Waals surface area contributed by atoms with Crippen LogP contribution in [0.25, 0.3) is 11.1 Å².